The number of thiophene rings is 1. The van der Waals surface area contributed by atoms with Crippen LogP contribution in [0.2, 0.25) is 4.34 Å². The van der Waals surface area contributed by atoms with E-state index >= 15 is 0 Å². The van der Waals surface area contributed by atoms with Crippen molar-refractivity contribution in [3.05, 3.63) is 34.1 Å². The van der Waals surface area contributed by atoms with Crippen molar-refractivity contribution in [2.45, 2.75) is 37.0 Å². The van der Waals surface area contributed by atoms with Gasteiger partial charge in [-0.3, -0.25) is 0 Å². The molecule has 0 aliphatic carbocycles. The molecule has 130 valence electrons. The molecule has 24 heavy (non-hydrogen) atoms. The van der Waals surface area contributed by atoms with Gasteiger partial charge in [0, 0.05) is 18.3 Å². The van der Waals surface area contributed by atoms with Crippen LogP contribution in [0.4, 0.5) is 0 Å². The summed E-state index contributed by atoms with van der Waals surface area (Å²) in [7, 11) is -3.53. The third-order valence-electron chi connectivity index (χ3n) is 3.71. The van der Waals surface area contributed by atoms with E-state index < -0.39 is 10.0 Å². The molecule has 3 heterocycles. The average molecular weight is 388 g/mol. The maximum absolute atomic E-state index is 12.7. The quantitative estimate of drug-likeness (QED) is 0.806. The Hall–Kier alpha value is -1.22. The van der Waals surface area contributed by atoms with E-state index in [4.69, 9.17) is 16.3 Å². The maximum atomic E-state index is 12.7. The molecular weight excluding hydrogens is 370 g/mol. The second-order valence-corrected chi connectivity index (χ2v) is 9.58. The van der Waals surface area contributed by atoms with Crippen molar-refractivity contribution in [3.63, 3.8) is 0 Å². The number of sulfonamides is 1. The fourth-order valence-electron chi connectivity index (χ4n) is 2.70. The monoisotopic (exact) mass is 387 g/mol. The summed E-state index contributed by atoms with van der Waals surface area (Å²) in [6.45, 7) is 4.47. The first-order chi connectivity index (χ1) is 11.3. The number of rotatable bonds is 4. The zero-order chi connectivity index (χ0) is 17.3. The number of ether oxygens (including phenoxy) is 1. The number of aromatic nitrogens is 2. The van der Waals surface area contributed by atoms with E-state index in [1.807, 2.05) is 6.92 Å². The maximum Gasteiger partial charge on any atom is 0.252 e. The van der Waals surface area contributed by atoms with Crippen LogP contribution >= 0.6 is 22.9 Å². The first-order valence-electron chi connectivity index (χ1n) is 7.59. The lowest BCUT2D eigenvalue weighted by Gasteiger charge is -2.31. The Bertz CT molecular complexity index is 818. The van der Waals surface area contributed by atoms with Crippen LogP contribution < -0.4 is 4.74 Å². The molecule has 0 bridgehead atoms. The van der Waals surface area contributed by atoms with Crippen molar-refractivity contribution in [2.75, 3.05) is 13.1 Å². The molecule has 0 radical (unpaired) electrons. The summed E-state index contributed by atoms with van der Waals surface area (Å²) >= 11 is 6.94. The summed E-state index contributed by atoms with van der Waals surface area (Å²) in [4.78, 5) is 8.48. The minimum absolute atomic E-state index is 0.224. The molecule has 2 aromatic rings. The summed E-state index contributed by atoms with van der Waals surface area (Å²) in [6, 6.07) is 4.91. The van der Waals surface area contributed by atoms with E-state index in [0.717, 1.165) is 29.9 Å². The van der Waals surface area contributed by atoms with Crippen molar-refractivity contribution in [2.24, 2.45) is 0 Å². The lowest BCUT2D eigenvalue weighted by atomic mass is 10.1. The summed E-state index contributed by atoms with van der Waals surface area (Å²) in [5.74, 6) is 1.13. The topological polar surface area (TPSA) is 72.4 Å². The van der Waals surface area contributed by atoms with Gasteiger partial charge in [-0.1, -0.05) is 11.6 Å². The van der Waals surface area contributed by atoms with Gasteiger partial charge >= 0.3 is 0 Å². The molecule has 1 saturated heterocycles. The van der Waals surface area contributed by atoms with Crippen LogP contribution in [0, 0.1) is 13.8 Å². The highest BCUT2D eigenvalue weighted by Gasteiger charge is 2.32. The van der Waals surface area contributed by atoms with Gasteiger partial charge in [0.25, 0.3) is 10.0 Å². The minimum Gasteiger partial charge on any atom is -0.473 e. The molecule has 2 aromatic heterocycles. The fourth-order valence-corrected chi connectivity index (χ4v) is 5.84. The molecule has 0 amide bonds. The largest absolute Gasteiger partial charge is 0.473 e. The van der Waals surface area contributed by atoms with Crippen LogP contribution in [-0.4, -0.2) is 41.9 Å². The van der Waals surface area contributed by atoms with Crippen LogP contribution in [0.1, 0.15) is 24.4 Å². The number of hydrogen-bond acceptors (Lipinski definition) is 6. The highest BCUT2D eigenvalue weighted by Crippen LogP contribution is 2.30. The molecule has 3 rings (SSSR count). The van der Waals surface area contributed by atoms with Crippen LogP contribution in [0.15, 0.2) is 22.4 Å². The van der Waals surface area contributed by atoms with Crippen LogP contribution in [-0.2, 0) is 10.0 Å². The molecule has 0 N–H and O–H groups in total. The van der Waals surface area contributed by atoms with Gasteiger partial charge in [-0.2, -0.15) is 9.29 Å². The smallest absolute Gasteiger partial charge is 0.252 e. The number of aryl methyl sites for hydroxylation is 2. The Kier molecular flexibility index (Phi) is 5.10. The van der Waals surface area contributed by atoms with E-state index in [1.165, 1.54) is 4.31 Å². The van der Waals surface area contributed by atoms with Crippen LogP contribution in [0.5, 0.6) is 5.88 Å². The second kappa shape index (κ2) is 6.95. The Morgan fingerprint density at radius 3 is 2.79 bits per heavy atom. The summed E-state index contributed by atoms with van der Waals surface area (Å²) in [5, 5.41) is 0. The Morgan fingerprint density at radius 2 is 2.12 bits per heavy atom. The first-order valence-corrected chi connectivity index (χ1v) is 10.2. The number of hydrogen-bond donors (Lipinski definition) is 0. The SMILES string of the molecule is Cc1cc(OC2CCCN(S(=O)(=O)c3ccc(Cl)s3)C2)nc(C)n1. The molecule has 0 spiro atoms. The summed E-state index contributed by atoms with van der Waals surface area (Å²) in [6.07, 6.45) is 1.31. The van der Waals surface area contributed by atoms with E-state index in [-0.39, 0.29) is 10.3 Å². The third kappa shape index (κ3) is 3.88. The number of piperidine rings is 1. The molecule has 0 aromatic carbocycles. The van der Waals surface area contributed by atoms with Gasteiger partial charge in [-0.25, -0.2) is 13.4 Å². The third-order valence-corrected chi connectivity index (χ3v) is 7.28. The van der Waals surface area contributed by atoms with Gasteiger partial charge in [-0.05, 0) is 38.8 Å². The van der Waals surface area contributed by atoms with E-state index in [0.29, 0.717) is 29.1 Å². The molecule has 6 nitrogen and oxygen atoms in total. The van der Waals surface area contributed by atoms with Crippen molar-refractivity contribution in [3.8, 4) is 5.88 Å². The Labute approximate surface area is 150 Å². The standard InChI is InChI=1S/C15H18ClN3O3S2/c1-10-8-14(18-11(2)17-10)22-12-4-3-7-19(9-12)24(20,21)15-6-5-13(16)23-15/h5-6,8,12H,3-4,7,9H2,1-2H3. The molecule has 1 aliphatic heterocycles. The van der Waals surface area contributed by atoms with Gasteiger partial charge in [0.2, 0.25) is 5.88 Å². The van der Waals surface area contributed by atoms with Gasteiger partial charge in [0.05, 0.1) is 10.9 Å². The Balaban J connectivity index is 1.74. The van der Waals surface area contributed by atoms with E-state index in [2.05, 4.69) is 9.97 Å². The highest BCUT2D eigenvalue weighted by atomic mass is 35.5. The van der Waals surface area contributed by atoms with Gasteiger partial charge in [0.15, 0.2) is 0 Å². The molecule has 9 heteroatoms. The Morgan fingerprint density at radius 1 is 1.33 bits per heavy atom. The van der Waals surface area contributed by atoms with Crippen LogP contribution in [0.3, 0.4) is 0 Å². The second-order valence-electron chi connectivity index (χ2n) is 5.70. The normalized spacial score (nSPS) is 19.4. The zero-order valence-electron chi connectivity index (χ0n) is 13.4. The van der Waals surface area contributed by atoms with Crippen molar-refractivity contribution in [1.29, 1.82) is 0 Å². The molecule has 0 saturated carbocycles. The van der Waals surface area contributed by atoms with Crippen molar-refractivity contribution >= 4 is 33.0 Å². The number of nitrogens with zero attached hydrogens (tertiary/aromatic N) is 3. The fraction of sp³-hybridized carbons (Fsp3) is 0.467. The lowest BCUT2D eigenvalue weighted by molar-refractivity contribution is 0.124. The molecule has 1 atom stereocenters. The minimum atomic E-state index is -3.53. The molecule has 1 unspecified atom stereocenters. The van der Waals surface area contributed by atoms with E-state index in [1.54, 1.807) is 25.1 Å². The average Bonchev–Trinajstić information content (AvgIpc) is 2.94. The van der Waals surface area contributed by atoms with E-state index in [9.17, 15) is 8.42 Å². The zero-order valence-corrected chi connectivity index (χ0v) is 15.8. The number of halogens is 1. The molecular formula is C15H18ClN3O3S2. The van der Waals surface area contributed by atoms with Gasteiger partial charge < -0.3 is 4.74 Å². The lowest BCUT2D eigenvalue weighted by Crippen LogP contribution is -2.44. The highest BCUT2D eigenvalue weighted by molar-refractivity contribution is 7.91. The predicted molar refractivity (Wildman–Crippen MR) is 93.2 cm³/mol. The van der Waals surface area contributed by atoms with Gasteiger partial charge in [-0.15, -0.1) is 11.3 Å². The van der Waals surface area contributed by atoms with Crippen LogP contribution in [0.25, 0.3) is 0 Å². The summed E-state index contributed by atoms with van der Waals surface area (Å²) in [5.41, 5.74) is 0.825. The first kappa shape index (κ1) is 17.6. The molecule has 1 fully saturated rings. The molecule has 1 aliphatic rings. The predicted octanol–water partition coefficient (Wildman–Crippen LogP) is 3.04. The van der Waals surface area contributed by atoms with Gasteiger partial charge in [0.1, 0.15) is 16.1 Å². The summed E-state index contributed by atoms with van der Waals surface area (Å²) < 4.78 is 33.5. The van der Waals surface area contributed by atoms with Crippen molar-refractivity contribution in [1.82, 2.24) is 14.3 Å². The van der Waals surface area contributed by atoms with Crippen molar-refractivity contribution < 1.29 is 13.2 Å².